The Morgan fingerprint density at radius 1 is 1.71 bits per heavy atom. The van der Waals surface area contributed by atoms with Crippen LogP contribution in [0.4, 0.5) is 0 Å². The van der Waals surface area contributed by atoms with Crippen LogP contribution >= 0.6 is 0 Å². The molecule has 4 nitrogen and oxygen atoms in total. The number of hydrogen-bond acceptors (Lipinski definition) is 3. The smallest absolute Gasteiger partial charge is 0.332 e. The Kier molecular flexibility index (Phi) is 4.35. The van der Waals surface area contributed by atoms with Gasteiger partial charge in [0.1, 0.15) is 0 Å². The van der Waals surface area contributed by atoms with E-state index in [1.165, 1.54) is 20.0 Å². The van der Waals surface area contributed by atoms with E-state index in [2.05, 4.69) is 11.9 Å². The maximum absolute atomic E-state index is 10.7. The molecule has 0 aromatic carbocycles. The molecule has 0 aromatic rings. The van der Waals surface area contributed by atoms with Gasteiger partial charge in [0, 0.05) is 13.2 Å². The second-order valence-electron chi connectivity index (χ2n) is 3.92. The lowest BCUT2D eigenvalue weighted by Crippen LogP contribution is -2.29. The molecule has 1 rings (SSSR count). The highest BCUT2D eigenvalue weighted by Crippen LogP contribution is 2.20. The van der Waals surface area contributed by atoms with Crippen molar-refractivity contribution in [1.29, 1.82) is 0 Å². The zero-order valence-corrected chi connectivity index (χ0v) is 8.90. The van der Waals surface area contributed by atoms with Gasteiger partial charge in [0.05, 0.1) is 0 Å². The second-order valence-corrected chi connectivity index (χ2v) is 3.92. The normalized spacial score (nSPS) is 25.1. The van der Waals surface area contributed by atoms with Crippen LogP contribution in [0.5, 0.6) is 0 Å². The van der Waals surface area contributed by atoms with Crippen molar-refractivity contribution < 1.29 is 14.6 Å². The van der Waals surface area contributed by atoms with Gasteiger partial charge in [0.15, 0.2) is 6.10 Å². The van der Waals surface area contributed by atoms with Crippen LogP contribution in [0.3, 0.4) is 0 Å². The zero-order chi connectivity index (χ0) is 10.6. The van der Waals surface area contributed by atoms with Crippen molar-refractivity contribution >= 4 is 5.97 Å². The molecule has 2 unspecified atom stereocenters. The number of carboxylic acids is 1. The summed E-state index contributed by atoms with van der Waals surface area (Å²) >= 11 is 0. The molecule has 1 saturated heterocycles. The van der Waals surface area contributed by atoms with E-state index in [1.807, 2.05) is 0 Å². The Morgan fingerprint density at radius 2 is 2.43 bits per heavy atom. The molecule has 0 aromatic heterocycles. The van der Waals surface area contributed by atoms with E-state index in [0.717, 1.165) is 13.0 Å². The third-order valence-corrected chi connectivity index (χ3v) is 2.99. The fourth-order valence-electron chi connectivity index (χ4n) is 2.03. The highest BCUT2D eigenvalue weighted by Gasteiger charge is 2.24. The van der Waals surface area contributed by atoms with Crippen LogP contribution in [0.15, 0.2) is 0 Å². The van der Waals surface area contributed by atoms with Crippen molar-refractivity contribution in [2.24, 2.45) is 0 Å². The van der Waals surface area contributed by atoms with Gasteiger partial charge in [-0.1, -0.05) is 0 Å². The number of carbonyl (C=O) groups is 1. The number of nitrogens with zero attached hydrogens (tertiary/aromatic N) is 1. The van der Waals surface area contributed by atoms with Crippen molar-refractivity contribution in [2.75, 3.05) is 20.7 Å². The van der Waals surface area contributed by atoms with E-state index in [4.69, 9.17) is 9.84 Å². The summed E-state index contributed by atoms with van der Waals surface area (Å²) in [5, 5.41) is 8.77. The van der Waals surface area contributed by atoms with E-state index in [-0.39, 0.29) is 0 Å². The quantitative estimate of drug-likeness (QED) is 0.719. The summed E-state index contributed by atoms with van der Waals surface area (Å²) in [6, 6.07) is 0.548. The Morgan fingerprint density at radius 3 is 2.86 bits per heavy atom. The largest absolute Gasteiger partial charge is 0.479 e. The molecule has 4 heteroatoms. The maximum Gasteiger partial charge on any atom is 0.332 e. The van der Waals surface area contributed by atoms with Gasteiger partial charge in [-0.2, -0.15) is 0 Å². The lowest BCUT2D eigenvalue weighted by atomic mass is 10.1. The fourth-order valence-corrected chi connectivity index (χ4v) is 2.03. The van der Waals surface area contributed by atoms with Crippen molar-refractivity contribution in [3.63, 3.8) is 0 Å². The Labute approximate surface area is 84.8 Å². The average Bonchev–Trinajstić information content (AvgIpc) is 2.52. The summed E-state index contributed by atoms with van der Waals surface area (Å²) in [5.74, 6) is -0.854. The number of methoxy groups -OCH3 is 1. The van der Waals surface area contributed by atoms with Crippen LogP contribution in [0.25, 0.3) is 0 Å². The van der Waals surface area contributed by atoms with E-state index in [0.29, 0.717) is 12.5 Å². The summed E-state index contributed by atoms with van der Waals surface area (Å²) in [7, 11) is 3.55. The van der Waals surface area contributed by atoms with Crippen LogP contribution in [0.2, 0.25) is 0 Å². The first-order valence-electron chi connectivity index (χ1n) is 5.11. The van der Waals surface area contributed by atoms with Gasteiger partial charge in [-0.15, -0.1) is 0 Å². The zero-order valence-electron chi connectivity index (χ0n) is 8.90. The average molecular weight is 201 g/mol. The Balaban J connectivity index is 2.27. The molecule has 1 aliphatic rings. The fraction of sp³-hybridized carbons (Fsp3) is 0.900. The van der Waals surface area contributed by atoms with Crippen LogP contribution in [0.1, 0.15) is 25.7 Å². The molecule has 82 valence electrons. The summed E-state index contributed by atoms with van der Waals surface area (Å²) in [5.41, 5.74) is 0. The molecular formula is C10H19NO3. The van der Waals surface area contributed by atoms with Gasteiger partial charge < -0.3 is 14.7 Å². The van der Waals surface area contributed by atoms with Crippen molar-refractivity contribution in [2.45, 2.75) is 37.8 Å². The predicted octanol–water partition coefficient (Wildman–Crippen LogP) is 0.960. The minimum absolute atomic E-state index is 0.548. The van der Waals surface area contributed by atoms with E-state index in [1.54, 1.807) is 0 Å². The van der Waals surface area contributed by atoms with Crippen molar-refractivity contribution in [3.8, 4) is 0 Å². The number of ether oxygens (including phenoxy) is 1. The molecule has 1 aliphatic heterocycles. The summed E-state index contributed by atoms with van der Waals surface area (Å²) < 4.78 is 4.89. The third kappa shape index (κ3) is 2.96. The van der Waals surface area contributed by atoms with Crippen molar-refractivity contribution in [3.05, 3.63) is 0 Å². The highest BCUT2D eigenvalue weighted by atomic mass is 16.5. The predicted molar refractivity (Wildman–Crippen MR) is 53.3 cm³/mol. The Bertz CT molecular complexity index is 196. The molecule has 0 saturated carbocycles. The lowest BCUT2D eigenvalue weighted by molar-refractivity contribution is -0.149. The topological polar surface area (TPSA) is 49.8 Å². The Hall–Kier alpha value is -0.610. The first-order chi connectivity index (χ1) is 6.65. The molecule has 1 N–H and O–H groups in total. The standard InChI is InChI=1S/C10H19NO3/c1-11-7-3-4-8(11)5-6-9(14-2)10(12)13/h8-9H,3-7H2,1-2H3,(H,12,13). The van der Waals surface area contributed by atoms with Gasteiger partial charge >= 0.3 is 5.97 Å². The third-order valence-electron chi connectivity index (χ3n) is 2.99. The van der Waals surface area contributed by atoms with Crippen LogP contribution in [-0.2, 0) is 9.53 Å². The number of likely N-dealkylation sites (tertiary alicyclic amines) is 1. The molecular weight excluding hydrogens is 182 g/mol. The number of carboxylic acid groups (broad SMARTS) is 1. The summed E-state index contributed by atoms with van der Waals surface area (Å²) in [4.78, 5) is 13.0. The molecule has 0 radical (unpaired) electrons. The van der Waals surface area contributed by atoms with E-state index < -0.39 is 12.1 Å². The number of aliphatic carboxylic acids is 1. The van der Waals surface area contributed by atoms with Gasteiger partial charge in [0.2, 0.25) is 0 Å². The maximum atomic E-state index is 10.7. The number of rotatable bonds is 5. The van der Waals surface area contributed by atoms with Crippen molar-refractivity contribution in [1.82, 2.24) is 4.90 Å². The first kappa shape index (κ1) is 11.5. The lowest BCUT2D eigenvalue weighted by Gasteiger charge is -2.20. The van der Waals surface area contributed by atoms with Crippen LogP contribution in [-0.4, -0.2) is 48.8 Å². The van der Waals surface area contributed by atoms with Gasteiger partial charge in [-0.25, -0.2) is 4.79 Å². The molecule has 0 aliphatic carbocycles. The van der Waals surface area contributed by atoms with Gasteiger partial charge in [-0.3, -0.25) is 0 Å². The second kappa shape index (κ2) is 5.32. The molecule has 14 heavy (non-hydrogen) atoms. The molecule has 1 fully saturated rings. The molecule has 2 atom stereocenters. The first-order valence-corrected chi connectivity index (χ1v) is 5.11. The van der Waals surface area contributed by atoms with Crippen LogP contribution < -0.4 is 0 Å². The van der Waals surface area contributed by atoms with E-state index >= 15 is 0 Å². The summed E-state index contributed by atoms with van der Waals surface area (Å²) in [6.07, 6.45) is 3.31. The minimum Gasteiger partial charge on any atom is -0.479 e. The molecule has 0 spiro atoms. The molecule has 1 heterocycles. The molecule has 0 bridgehead atoms. The summed E-state index contributed by atoms with van der Waals surface area (Å²) in [6.45, 7) is 1.13. The van der Waals surface area contributed by atoms with Gasteiger partial charge in [0.25, 0.3) is 0 Å². The SMILES string of the molecule is COC(CCC1CCCN1C)C(=O)O. The minimum atomic E-state index is -0.854. The van der Waals surface area contributed by atoms with Crippen LogP contribution in [0, 0.1) is 0 Å². The monoisotopic (exact) mass is 201 g/mol. The molecule has 0 amide bonds. The number of hydrogen-bond donors (Lipinski definition) is 1. The highest BCUT2D eigenvalue weighted by molar-refractivity contribution is 5.72. The van der Waals surface area contributed by atoms with Gasteiger partial charge in [-0.05, 0) is 39.3 Å². The van der Waals surface area contributed by atoms with E-state index in [9.17, 15) is 4.79 Å².